The molecule has 0 aliphatic rings. The van der Waals surface area contributed by atoms with Crippen LogP contribution in [0.1, 0.15) is 0 Å². The molecule has 2 aromatic heterocycles. The van der Waals surface area contributed by atoms with E-state index in [0.717, 1.165) is 11.9 Å². The summed E-state index contributed by atoms with van der Waals surface area (Å²) in [5, 5.41) is 9.31. The molecule has 0 amide bonds. The molecule has 0 spiro atoms. The number of hydrogen-bond donors (Lipinski definition) is 0. The zero-order chi connectivity index (χ0) is 20.6. The average molecular weight is 427 g/mol. The highest BCUT2D eigenvalue weighted by Gasteiger charge is 2.14. The Hall–Kier alpha value is -3.23. The fourth-order valence-electron chi connectivity index (χ4n) is 2.86. The van der Waals surface area contributed by atoms with E-state index in [9.17, 15) is 13.2 Å². The lowest BCUT2D eigenvalue weighted by atomic mass is 10.2. The first-order valence-electron chi connectivity index (χ1n) is 8.54. The van der Waals surface area contributed by atoms with E-state index in [1.165, 1.54) is 29.1 Å². The number of rotatable bonds is 4. The molecule has 0 radical (unpaired) electrons. The van der Waals surface area contributed by atoms with Gasteiger partial charge in [-0.1, -0.05) is 17.7 Å². The van der Waals surface area contributed by atoms with Crippen LogP contribution in [0.25, 0.3) is 22.8 Å². The van der Waals surface area contributed by atoms with E-state index in [-0.39, 0.29) is 16.0 Å². The van der Waals surface area contributed by atoms with Crippen molar-refractivity contribution in [2.45, 2.75) is 4.90 Å². The fraction of sp³-hybridized carbons (Fsp3) is 0.0500. The van der Waals surface area contributed by atoms with Crippen LogP contribution >= 0.6 is 11.6 Å². The van der Waals surface area contributed by atoms with Gasteiger partial charge in [-0.25, -0.2) is 17.8 Å². The Balaban J connectivity index is 1.84. The van der Waals surface area contributed by atoms with Gasteiger partial charge in [-0.15, -0.1) is 0 Å². The summed E-state index contributed by atoms with van der Waals surface area (Å²) < 4.78 is 26.8. The van der Waals surface area contributed by atoms with Gasteiger partial charge < -0.3 is 0 Å². The Morgan fingerprint density at radius 2 is 1.72 bits per heavy atom. The molecule has 0 saturated carbocycles. The molecule has 0 bridgehead atoms. The van der Waals surface area contributed by atoms with Gasteiger partial charge in [-0.3, -0.25) is 4.79 Å². The largest absolute Gasteiger partial charge is 0.287 e. The predicted molar refractivity (Wildman–Crippen MR) is 111 cm³/mol. The van der Waals surface area contributed by atoms with Crippen molar-refractivity contribution in [3.8, 4) is 22.8 Å². The molecule has 29 heavy (non-hydrogen) atoms. The Bertz CT molecular complexity index is 1360. The van der Waals surface area contributed by atoms with Gasteiger partial charge in [-0.05, 0) is 48.5 Å². The second kappa shape index (κ2) is 7.31. The highest BCUT2D eigenvalue weighted by Crippen LogP contribution is 2.21. The summed E-state index contributed by atoms with van der Waals surface area (Å²) in [6, 6.07) is 16.5. The number of hydrogen-bond acceptors (Lipinski definition) is 5. The summed E-state index contributed by atoms with van der Waals surface area (Å²) >= 11 is 5.95. The van der Waals surface area contributed by atoms with Crippen LogP contribution in [0.15, 0.2) is 82.7 Å². The Labute approximate surface area is 171 Å². The topological polar surface area (TPSA) is 86.9 Å². The average Bonchev–Trinajstić information content (AvgIpc) is 3.18. The zero-order valence-electron chi connectivity index (χ0n) is 15.2. The first-order chi connectivity index (χ1) is 13.8. The number of benzene rings is 2. The molecule has 2 aromatic carbocycles. The minimum absolute atomic E-state index is 0.170. The normalized spacial score (nSPS) is 11.5. The van der Waals surface area contributed by atoms with Crippen LogP contribution in [0.2, 0.25) is 5.02 Å². The molecule has 4 aromatic rings. The number of sulfone groups is 1. The molecule has 7 nitrogen and oxygen atoms in total. The van der Waals surface area contributed by atoms with Crippen LogP contribution in [0, 0.1) is 0 Å². The maximum atomic E-state index is 12.5. The standard InChI is InChI=1S/C20H15ClN4O3S/c1-29(27,28)17-4-2-3-16(13-17)24-12-10-19(26)20(23-24)18-9-11-22-25(18)15-7-5-14(21)6-8-15/h2-13H,1H3. The van der Waals surface area contributed by atoms with Gasteiger partial charge in [0.2, 0.25) is 5.43 Å². The van der Waals surface area contributed by atoms with Crippen molar-refractivity contribution in [1.82, 2.24) is 19.6 Å². The highest BCUT2D eigenvalue weighted by molar-refractivity contribution is 7.90. The van der Waals surface area contributed by atoms with Gasteiger partial charge in [0.25, 0.3) is 0 Å². The molecular formula is C20H15ClN4O3S. The van der Waals surface area contributed by atoms with Crippen LogP contribution in [0.4, 0.5) is 0 Å². The third-order valence-electron chi connectivity index (χ3n) is 4.28. The van der Waals surface area contributed by atoms with Gasteiger partial charge in [-0.2, -0.15) is 10.2 Å². The monoisotopic (exact) mass is 426 g/mol. The van der Waals surface area contributed by atoms with Gasteiger partial charge in [0.05, 0.1) is 28.2 Å². The van der Waals surface area contributed by atoms with Crippen molar-refractivity contribution in [3.05, 3.63) is 88.3 Å². The zero-order valence-corrected chi connectivity index (χ0v) is 16.8. The first kappa shape index (κ1) is 19.1. The molecule has 0 unspecified atom stereocenters. The van der Waals surface area contributed by atoms with E-state index in [1.807, 2.05) is 0 Å². The van der Waals surface area contributed by atoms with Gasteiger partial charge in [0.15, 0.2) is 15.5 Å². The van der Waals surface area contributed by atoms with Gasteiger partial charge in [0.1, 0.15) is 0 Å². The molecule has 0 fully saturated rings. The van der Waals surface area contributed by atoms with Gasteiger partial charge in [0, 0.05) is 23.5 Å². The Morgan fingerprint density at radius 1 is 0.966 bits per heavy atom. The van der Waals surface area contributed by atoms with Crippen LogP contribution in [0.5, 0.6) is 0 Å². The minimum atomic E-state index is -3.37. The fourth-order valence-corrected chi connectivity index (χ4v) is 3.64. The van der Waals surface area contributed by atoms with Crippen molar-refractivity contribution in [2.75, 3.05) is 6.26 Å². The number of aromatic nitrogens is 4. The second-order valence-corrected chi connectivity index (χ2v) is 8.80. The maximum Gasteiger partial charge on any atom is 0.209 e. The third kappa shape index (κ3) is 3.85. The molecule has 0 saturated heterocycles. The van der Waals surface area contributed by atoms with Crippen molar-refractivity contribution in [2.24, 2.45) is 0 Å². The smallest absolute Gasteiger partial charge is 0.209 e. The van der Waals surface area contributed by atoms with Crippen molar-refractivity contribution in [3.63, 3.8) is 0 Å². The second-order valence-electron chi connectivity index (χ2n) is 6.35. The Kier molecular flexibility index (Phi) is 4.81. The lowest BCUT2D eigenvalue weighted by molar-refractivity contribution is 0.601. The van der Waals surface area contributed by atoms with E-state index in [4.69, 9.17) is 11.6 Å². The molecular weight excluding hydrogens is 412 g/mol. The van der Waals surface area contributed by atoms with Gasteiger partial charge >= 0.3 is 0 Å². The summed E-state index contributed by atoms with van der Waals surface area (Å²) in [5.74, 6) is 0. The molecule has 0 aliphatic heterocycles. The number of halogens is 1. The Morgan fingerprint density at radius 3 is 2.45 bits per heavy atom. The molecule has 0 atom stereocenters. The third-order valence-corrected chi connectivity index (χ3v) is 5.64. The molecule has 146 valence electrons. The van der Waals surface area contributed by atoms with E-state index in [2.05, 4.69) is 10.2 Å². The quantitative estimate of drug-likeness (QED) is 0.500. The molecule has 0 aliphatic carbocycles. The summed E-state index contributed by atoms with van der Waals surface area (Å²) in [5.41, 5.74) is 1.66. The minimum Gasteiger partial charge on any atom is -0.287 e. The first-order valence-corrected chi connectivity index (χ1v) is 10.8. The van der Waals surface area contributed by atoms with Crippen LogP contribution < -0.4 is 5.43 Å². The van der Waals surface area contributed by atoms with E-state index < -0.39 is 9.84 Å². The van der Waals surface area contributed by atoms with Crippen LogP contribution in [-0.2, 0) is 9.84 Å². The van der Waals surface area contributed by atoms with Crippen molar-refractivity contribution < 1.29 is 8.42 Å². The van der Waals surface area contributed by atoms with Crippen molar-refractivity contribution in [1.29, 1.82) is 0 Å². The lowest BCUT2D eigenvalue weighted by Crippen LogP contribution is -2.15. The molecule has 4 rings (SSSR count). The van der Waals surface area contributed by atoms with E-state index in [1.54, 1.807) is 53.3 Å². The summed E-state index contributed by atoms with van der Waals surface area (Å²) in [6.07, 6.45) is 4.21. The van der Waals surface area contributed by atoms with E-state index >= 15 is 0 Å². The van der Waals surface area contributed by atoms with E-state index in [0.29, 0.717) is 16.4 Å². The van der Waals surface area contributed by atoms with Crippen molar-refractivity contribution >= 4 is 21.4 Å². The maximum absolute atomic E-state index is 12.5. The lowest BCUT2D eigenvalue weighted by Gasteiger charge is -2.10. The summed E-state index contributed by atoms with van der Waals surface area (Å²) in [7, 11) is -3.37. The highest BCUT2D eigenvalue weighted by atomic mass is 35.5. The summed E-state index contributed by atoms with van der Waals surface area (Å²) in [4.78, 5) is 12.7. The SMILES string of the molecule is CS(=O)(=O)c1cccc(-n2ccc(=O)c(-c3ccnn3-c3ccc(Cl)cc3)n2)c1. The van der Waals surface area contributed by atoms with Crippen LogP contribution in [-0.4, -0.2) is 34.2 Å². The number of nitrogens with zero attached hydrogens (tertiary/aromatic N) is 4. The molecule has 9 heteroatoms. The predicted octanol–water partition coefficient (Wildman–Crippen LogP) is 3.14. The van der Waals surface area contributed by atoms with Crippen LogP contribution in [0.3, 0.4) is 0 Å². The molecule has 2 heterocycles. The molecule has 0 N–H and O–H groups in total. The summed E-state index contributed by atoms with van der Waals surface area (Å²) in [6.45, 7) is 0.